The summed E-state index contributed by atoms with van der Waals surface area (Å²) in [5, 5.41) is 0. The van der Waals surface area contributed by atoms with Gasteiger partial charge in [-0.15, -0.1) is 0 Å². The van der Waals surface area contributed by atoms with Crippen molar-refractivity contribution in [1.29, 1.82) is 0 Å². The number of phosphoric acid groups is 3. The Morgan fingerprint density at radius 2 is 1.78 bits per heavy atom. The second-order valence-electron chi connectivity index (χ2n) is 5.26. The maximum atomic E-state index is 11.7. The molecule has 172 valence electrons. The molecule has 0 spiro atoms. The number of fused-ring (bicyclic) bond motifs is 1. The molecule has 18 nitrogen and oxygen atoms in total. The molecule has 2 rings (SSSR count). The van der Waals surface area contributed by atoms with Crippen molar-refractivity contribution in [2.75, 3.05) is 6.61 Å². The van der Waals surface area contributed by atoms with Gasteiger partial charge in [-0.05, 0) is 0 Å². The second kappa shape index (κ2) is 11.5. The molecule has 5 atom stereocenters. The second-order valence-corrected chi connectivity index (χ2v) is 9.63. The van der Waals surface area contributed by atoms with Gasteiger partial charge in [-0.1, -0.05) is 0 Å². The van der Waals surface area contributed by atoms with Crippen LogP contribution in [-0.4, -0.2) is 59.5 Å². The van der Waals surface area contributed by atoms with Gasteiger partial charge >= 0.3 is 45.2 Å². The van der Waals surface area contributed by atoms with Crippen LogP contribution >= 0.6 is 23.5 Å². The average molecular weight is 528 g/mol. The molecule has 4 N–H and O–H groups in total. The van der Waals surface area contributed by atoms with Crippen molar-refractivity contribution in [2.24, 2.45) is 0 Å². The fourth-order valence-electron chi connectivity index (χ4n) is 1.97. The molecule has 0 radical (unpaired) electrons. The number of aromatic nitrogens is 4. The molecular weight excluding hydrogens is 516 g/mol. The molecule has 5 unspecified atom stereocenters. The van der Waals surface area contributed by atoms with E-state index in [9.17, 15) is 37.9 Å². The third-order valence-corrected chi connectivity index (χ3v) is 6.81. The predicted molar refractivity (Wildman–Crippen MR) is 91.8 cm³/mol. The SMILES string of the molecule is O=CC(COP(=O)(O)OP(=O)(O)OP(=O)([O-])O)OC(C=O)n1cnc2c(=O)[nH]cnc21.[Na+]. The molecule has 0 aliphatic rings. The number of phosphoric ester groups is 1. The fraction of sp³-hybridized carbons (Fsp3) is 0.300. The van der Waals surface area contributed by atoms with Crippen LogP contribution in [0.15, 0.2) is 17.4 Å². The molecular formula is C10H12N4NaO14P3. The first-order valence-corrected chi connectivity index (χ1v) is 12.0. The van der Waals surface area contributed by atoms with E-state index >= 15 is 0 Å². The van der Waals surface area contributed by atoms with Crippen LogP contribution in [0.25, 0.3) is 11.2 Å². The molecule has 22 heteroatoms. The summed E-state index contributed by atoms with van der Waals surface area (Å²) in [4.78, 5) is 81.1. The van der Waals surface area contributed by atoms with Gasteiger partial charge in [0.1, 0.15) is 6.10 Å². The van der Waals surface area contributed by atoms with Crippen LogP contribution in [0, 0.1) is 0 Å². The van der Waals surface area contributed by atoms with Crippen molar-refractivity contribution in [3.8, 4) is 0 Å². The summed E-state index contributed by atoms with van der Waals surface area (Å²) in [5.41, 5.74) is -0.904. The summed E-state index contributed by atoms with van der Waals surface area (Å²) in [6.07, 6.45) is -1.20. The minimum absolute atomic E-state index is 0. The zero-order chi connectivity index (χ0) is 23.4. The number of hydrogen-bond donors (Lipinski definition) is 4. The quantitative estimate of drug-likeness (QED) is 0.114. The van der Waals surface area contributed by atoms with Crippen LogP contribution in [0.1, 0.15) is 6.23 Å². The number of imidazole rings is 1. The van der Waals surface area contributed by atoms with E-state index in [1.807, 2.05) is 0 Å². The van der Waals surface area contributed by atoms with Gasteiger partial charge < -0.3 is 34.1 Å². The summed E-state index contributed by atoms with van der Waals surface area (Å²) in [6.45, 7) is -1.14. The maximum Gasteiger partial charge on any atom is 1.00 e. The largest absolute Gasteiger partial charge is 1.00 e. The Kier molecular flexibility index (Phi) is 10.4. The van der Waals surface area contributed by atoms with Crippen LogP contribution in [0.3, 0.4) is 0 Å². The Hall–Kier alpha value is -0.940. The first-order valence-electron chi connectivity index (χ1n) is 7.50. The van der Waals surface area contributed by atoms with E-state index < -0.39 is 48.0 Å². The molecule has 32 heavy (non-hydrogen) atoms. The fourth-order valence-corrected chi connectivity index (χ4v) is 4.97. The van der Waals surface area contributed by atoms with Gasteiger partial charge in [0, 0.05) is 0 Å². The standard InChI is InChI=1S/C10H13N4O14P3.Na/c15-1-6(3-25-30(21,22)28-31(23,24)27-29(18,19)20)26-7(2-16)14-5-13-8-9(14)11-4-12-10(8)17;/h1-2,4-7H,3H2,(H,21,22)(H,23,24)(H,11,12,17)(H2,18,19,20);/q;+1/p-1. The van der Waals surface area contributed by atoms with Crippen molar-refractivity contribution in [2.45, 2.75) is 12.3 Å². The molecule has 0 saturated carbocycles. The Balaban J connectivity index is 0.00000512. The molecule has 0 fully saturated rings. The van der Waals surface area contributed by atoms with E-state index in [2.05, 4.69) is 28.1 Å². The number of aromatic amines is 1. The van der Waals surface area contributed by atoms with Crippen LogP contribution < -0.4 is 40.0 Å². The number of rotatable bonds is 12. The van der Waals surface area contributed by atoms with E-state index in [0.29, 0.717) is 0 Å². The molecule has 0 aliphatic carbocycles. The normalized spacial score (nSPS) is 19.0. The molecule has 2 aromatic rings. The summed E-state index contributed by atoms with van der Waals surface area (Å²) < 4.78 is 50.4. The van der Waals surface area contributed by atoms with E-state index in [1.54, 1.807) is 0 Å². The molecule has 2 aromatic heterocycles. The monoisotopic (exact) mass is 528 g/mol. The van der Waals surface area contributed by atoms with Gasteiger partial charge in [0.15, 0.2) is 30.0 Å². The third kappa shape index (κ3) is 8.44. The van der Waals surface area contributed by atoms with Crippen molar-refractivity contribution in [3.05, 3.63) is 23.0 Å². The van der Waals surface area contributed by atoms with E-state index in [0.717, 1.165) is 17.2 Å². The Labute approximate surface area is 198 Å². The number of carbonyl (C=O) groups excluding carboxylic acids is 2. The summed E-state index contributed by atoms with van der Waals surface area (Å²) >= 11 is 0. The topological polar surface area (TPSA) is 270 Å². The average Bonchev–Trinajstić information content (AvgIpc) is 3.04. The molecule has 0 saturated heterocycles. The number of ether oxygens (including phenoxy) is 1. The van der Waals surface area contributed by atoms with Gasteiger partial charge in [0.25, 0.3) is 13.4 Å². The first-order chi connectivity index (χ1) is 14.3. The summed E-state index contributed by atoms with van der Waals surface area (Å²) in [5.74, 6) is 0. The molecule has 2 heterocycles. The van der Waals surface area contributed by atoms with Gasteiger partial charge in [-0.25, -0.2) is 23.4 Å². The van der Waals surface area contributed by atoms with Crippen LogP contribution in [0.5, 0.6) is 0 Å². The Morgan fingerprint density at radius 1 is 1.12 bits per heavy atom. The molecule has 0 amide bonds. The van der Waals surface area contributed by atoms with Crippen molar-refractivity contribution in [1.82, 2.24) is 19.5 Å². The van der Waals surface area contributed by atoms with Crippen molar-refractivity contribution < 1.29 is 90.3 Å². The van der Waals surface area contributed by atoms with Crippen molar-refractivity contribution >= 4 is 47.2 Å². The van der Waals surface area contributed by atoms with Crippen LogP contribution in [0.2, 0.25) is 0 Å². The van der Waals surface area contributed by atoms with Crippen LogP contribution in [0.4, 0.5) is 0 Å². The zero-order valence-electron chi connectivity index (χ0n) is 15.7. The first kappa shape index (κ1) is 29.1. The van der Waals surface area contributed by atoms with E-state index in [4.69, 9.17) is 14.5 Å². The van der Waals surface area contributed by atoms with E-state index in [-0.39, 0.29) is 53.3 Å². The zero-order valence-corrected chi connectivity index (χ0v) is 20.4. The number of carbonyl (C=O) groups is 2. The number of aldehydes is 2. The number of hydrogen-bond acceptors (Lipinski definition) is 13. The molecule has 0 bridgehead atoms. The minimum Gasteiger partial charge on any atom is -0.756 e. The molecule has 0 aromatic carbocycles. The van der Waals surface area contributed by atoms with Gasteiger partial charge in [-0.2, -0.15) is 4.31 Å². The summed E-state index contributed by atoms with van der Waals surface area (Å²) in [7, 11) is -17.2. The van der Waals surface area contributed by atoms with Gasteiger partial charge in [-0.3, -0.25) is 23.2 Å². The number of nitrogens with zero attached hydrogens (tertiary/aromatic N) is 3. The summed E-state index contributed by atoms with van der Waals surface area (Å²) in [6, 6.07) is 0. The smallest absolute Gasteiger partial charge is 0.756 e. The molecule has 0 aliphatic heterocycles. The van der Waals surface area contributed by atoms with Crippen molar-refractivity contribution in [3.63, 3.8) is 0 Å². The van der Waals surface area contributed by atoms with Gasteiger partial charge in [0.05, 0.1) is 19.3 Å². The number of H-pyrrole nitrogens is 1. The Bertz CT molecular complexity index is 1160. The third-order valence-electron chi connectivity index (χ3n) is 3.04. The maximum absolute atomic E-state index is 11.7. The van der Waals surface area contributed by atoms with E-state index in [1.165, 1.54) is 0 Å². The van der Waals surface area contributed by atoms with Crippen LogP contribution in [-0.2, 0) is 41.2 Å². The Morgan fingerprint density at radius 3 is 2.34 bits per heavy atom. The minimum atomic E-state index is -5.83. The van der Waals surface area contributed by atoms with Gasteiger partial charge in [0.2, 0.25) is 0 Å². The number of nitrogens with one attached hydrogen (secondary N) is 1. The predicted octanol–water partition coefficient (Wildman–Crippen LogP) is -4.88.